The minimum atomic E-state index is -0.657. The number of rotatable bonds is 25. The van der Waals surface area contributed by atoms with E-state index in [2.05, 4.69) is 62.2 Å². The molecule has 12 nitrogen and oxygen atoms in total. The van der Waals surface area contributed by atoms with Crippen LogP contribution in [0.4, 0.5) is 5.69 Å². The van der Waals surface area contributed by atoms with Crippen LogP contribution in [0.3, 0.4) is 0 Å². The third kappa shape index (κ3) is 19.1. The molecule has 59 heavy (non-hydrogen) atoms. The minimum absolute atomic E-state index is 0.0680. The van der Waals surface area contributed by atoms with Gasteiger partial charge in [-0.15, -0.1) is 0 Å². The van der Waals surface area contributed by atoms with Crippen molar-refractivity contribution in [2.24, 2.45) is 11.8 Å². The van der Waals surface area contributed by atoms with Gasteiger partial charge in [0.25, 0.3) is 0 Å². The Hall–Kier alpha value is -5.01. The van der Waals surface area contributed by atoms with Crippen molar-refractivity contribution in [3.63, 3.8) is 0 Å². The van der Waals surface area contributed by atoms with Crippen LogP contribution in [0, 0.1) is 18.8 Å². The molecule has 0 bridgehead atoms. The van der Waals surface area contributed by atoms with Gasteiger partial charge >= 0.3 is 11.9 Å². The number of allylic oxidation sites excluding steroid dienone is 2. The van der Waals surface area contributed by atoms with Crippen molar-refractivity contribution in [3.8, 4) is 11.6 Å². The molecule has 3 rings (SSSR count). The fraction of sp³-hybridized carbons (Fsp3) is 0.468. The third-order valence-electron chi connectivity index (χ3n) is 9.21. The van der Waals surface area contributed by atoms with Gasteiger partial charge in [0.05, 0.1) is 78.2 Å². The van der Waals surface area contributed by atoms with Crippen LogP contribution in [0.2, 0.25) is 0 Å². The fourth-order valence-electron chi connectivity index (χ4n) is 5.25. The topological polar surface area (TPSA) is 147 Å². The van der Waals surface area contributed by atoms with Crippen molar-refractivity contribution < 1.29 is 47.5 Å². The Kier molecular flexibility index (Phi) is 24.8. The summed E-state index contributed by atoms with van der Waals surface area (Å²) < 4.78 is 42.6. The highest BCUT2D eigenvalue weighted by Crippen LogP contribution is 2.20. The van der Waals surface area contributed by atoms with Crippen LogP contribution in [0.25, 0.3) is 18.2 Å². The summed E-state index contributed by atoms with van der Waals surface area (Å²) in [4.78, 5) is 28.0. The van der Waals surface area contributed by atoms with Gasteiger partial charge in [0.15, 0.2) is 0 Å². The van der Waals surface area contributed by atoms with Gasteiger partial charge in [-0.25, -0.2) is 14.6 Å². The van der Waals surface area contributed by atoms with Crippen LogP contribution in [-0.2, 0) is 28.4 Å². The summed E-state index contributed by atoms with van der Waals surface area (Å²) in [7, 11) is 2.47. The number of hydrogen-bond donors (Lipinski definition) is 1. The van der Waals surface area contributed by atoms with Crippen molar-refractivity contribution in [2.45, 2.75) is 54.4 Å². The zero-order chi connectivity index (χ0) is 43.4. The summed E-state index contributed by atoms with van der Waals surface area (Å²) in [6, 6.07) is 12.5. The molecule has 0 amide bonds. The summed E-state index contributed by atoms with van der Waals surface area (Å²) >= 11 is 0. The minimum Gasteiger partial charge on any atom is -0.491 e. The number of nitrogens with zero attached hydrogens (tertiary/aromatic N) is 1. The second-order valence-electron chi connectivity index (χ2n) is 13.6. The lowest BCUT2D eigenvalue weighted by Crippen LogP contribution is -2.28. The summed E-state index contributed by atoms with van der Waals surface area (Å²) in [5, 5.41) is 2.34. The first kappa shape index (κ1) is 50.1. The zero-order valence-corrected chi connectivity index (χ0v) is 36.4. The van der Waals surface area contributed by atoms with Crippen LogP contribution in [0.5, 0.6) is 11.6 Å². The molecule has 2 atom stereocenters. The monoisotopic (exact) mass is 818 g/mol. The maximum Gasteiger partial charge on any atom is 0.338 e. The van der Waals surface area contributed by atoms with Crippen molar-refractivity contribution in [3.05, 3.63) is 99.6 Å². The van der Waals surface area contributed by atoms with Crippen LogP contribution < -0.4 is 25.6 Å². The molecule has 0 aliphatic rings. The van der Waals surface area contributed by atoms with E-state index < -0.39 is 11.9 Å². The van der Waals surface area contributed by atoms with E-state index in [0.29, 0.717) is 82.9 Å². The number of esters is 2. The predicted molar refractivity (Wildman–Crippen MR) is 234 cm³/mol. The molecule has 0 aliphatic carbocycles. The molecule has 2 N–H and O–H groups in total. The fourth-order valence-corrected chi connectivity index (χ4v) is 5.25. The van der Waals surface area contributed by atoms with Crippen LogP contribution in [0.15, 0.2) is 66.9 Å². The molecular weight excluding hydrogens is 753 g/mol. The van der Waals surface area contributed by atoms with Gasteiger partial charge in [0.2, 0.25) is 5.88 Å². The highest BCUT2D eigenvalue weighted by Gasteiger charge is 2.19. The smallest absolute Gasteiger partial charge is 0.338 e. The Morgan fingerprint density at radius 3 is 1.92 bits per heavy atom. The lowest BCUT2D eigenvalue weighted by Gasteiger charge is -2.11. The normalized spacial score (nSPS) is 12.7. The van der Waals surface area contributed by atoms with Gasteiger partial charge in [-0.05, 0) is 78.8 Å². The largest absolute Gasteiger partial charge is 0.491 e. The number of nitrogens with two attached hydrogens (primary N) is 1. The number of aromatic nitrogens is 1. The van der Waals surface area contributed by atoms with Crippen LogP contribution in [0.1, 0.15) is 79.3 Å². The summed E-state index contributed by atoms with van der Waals surface area (Å²) in [5.41, 5.74) is 10.5. The molecule has 0 saturated heterocycles. The van der Waals surface area contributed by atoms with Crippen LogP contribution >= 0.6 is 0 Å². The lowest BCUT2D eigenvalue weighted by atomic mass is 9.97. The Morgan fingerprint density at radius 2 is 1.36 bits per heavy atom. The Morgan fingerprint density at radius 1 is 0.780 bits per heavy atom. The molecule has 2 unspecified atom stereocenters. The Balaban J connectivity index is 0.000000527. The van der Waals surface area contributed by atoms with Gasteiger partial charge in [-0.3, -0.25) is 0 Å². The van der Waals surface area contributed by atoms with Crippen molar-refractivity contribution in [2.75, 3.05) is 86.0 Å². The Bertz CT molecular complexity index is 1880. The molecule has 0 aliphatic heterocycles. The predicted octanol–water partition coefficient (Wildman–Crippen LogP) is 7.00. The van der Waals surface area contributed by atoms with E-state index in [9.17, 15) is 9.59 Å². The molecule has 0 saturated carbocycles. The molecule has 0 fully saturated rings. The van der Waals surface area contributed by atoms with Crippen LogP contribution in [-0.4, -0.2) is 97.2 Å². The van der Waals surface area contributed by atoms with Gasteiger partial charge in [-0.2, -0.15) is 0 Å². The second-order valence-corrected chi connectivity index (χ2v) is 13.6. The van der Waals surface area contributed by atoms with E-state index in [1.54, 1.807) is 12.3 Å². The number of benzene rings is 2. The van der Waals surface area contributed by atoms with E-state index in [0.717, 1.165) is 40.4 Å². The molecule has 1 aromatic heterocycles. The highest BCUT2D eigenvalue weighted by atomic mass is 16.6. The van der Waals surface area contributed by atoms with Crippen molar-refractivity contribution >= 4 is 35.9 Å². The summed E-state index contributed by atoms with van der Waals surface area (Å²) in [6.45, 7) is 21.1. The van der Waals surface area contributed by atoms with Gasteiger partial charge < -0.3 is 43.6 Å². The lowest BCUT2D eigenvalue weighted by molar-refractivity contribution is -0.00710. The SMILES string of the molecule is C/C=C\c1cc(OCCOCCOCCOCCOCCOc2ccc(C(=O)OC)c(C(=O)OC)c2)ncc1C.C=C(/C=c1/c(N)ccc/c1=C/C(C)CC)C(C)CC. The van der Waals surface area contributed by atoms with E-state index >= 15 is 0 Å². The van der Waals surface area contributed by atoms with Gasteiger partial charge in [0, 0.05) is 23.2 Å². The third-order valence-corrected chi connectivity index (χ3v) is 9.21. The number of ether oxygens (including phenoxy) is 8. The maximum absolute atomic E-state index is 11.9. The van der Waals surface area contributed by atoms with E-state index in [-0.39, 0.29) is 17.7 Å². The molecule has 0 spiro atoms. The first-order valence-corrected chi connectivity index (χ1v) is 20.2. The van der Waals surface area contributed by atoms with Gasteiger partial charge in [0.1, 0.15) is 19.0 Å². The average Bonchev–Trinajstić information content (AvgIpc) is 3.24. The van der Waals surface area contributed by atoms with Crippen molar-refractivity contribution in [1.82, 2.24) is 4.98 Å². The number of hydrogen-bond acceptors (Lipinski definition) is 12. The first-order valence-electron chi connectivity index (χ1n) is 20.2. The van der Waals surface area contributed by atoms with E-state index in [4.69, 9.17) is 38.9 Å². The molecule has 12 heteroatoms. The second kappa shape index (κ2) is 29.2. The van der Waals surface area contributed by atoms with E-state index in [1.165, 1.54) is 31.6 Å². The number of nitrogen functional groups attached to an aromatic ring is 1. The number of carbonyl (C=O) groups is 2. The van der Waals surface area contributed by atoms with Gasteiger partial charge in [-0.1, -0.05) is 76.6 Å². The molecule has 1 heterocycles. The molecule has 0 radical (unpaired) electrons. The number of aryl methyl sites for hydroxylation is 1. The number of methoxy groups -OCH3 is 2. The molecular formula is C47H66N2O10. The molecule has 3 aromatic rings. The summed E-state index contributed by atoms with van der Waals surface area (Å²) in [5.74, 6) is 0.750. The molecule has 324 valence electrons. The zero-order valence-electron chi connectivity index (χ0n) is 36.4. The molecule has 2 aromatic carbocycles. The standard InChI is InChI=1S/C29H39NO10.C18H27N/c1-5-6-23-19-27(30-21-22(23)2)40-18-16-38-14-12-36-10-9-35-11-13-37-15-17-39-24-7-8-25(28(31)33-3)26(20-24)29(32)34-4;1-6-13(3)11-16-9-8-10-18(19)17(16)12-15(5)14(4)7-2/h5-8,19-21H,9-18H2,1-4H3;8-14H,5-7,19H2,1-4H3/b6-5-;16-11-,17-12+. The summed E-state index contributed by atoms with van der Waals surface area (Å²) in [6.07, 6.45) is 12.5. The average molecular weight is 819 g/mol. The highest BCUT2D eigenvalue weighted by molar-refractivity contribution is 6.03. The Labute approximate surface area is 351 Å². The maximum atomic E-state index is 11.9. The first-order chi connectivity index (χ1) is 28.5. The number of anilines is 1. The number of carbonyl (C=O) groups excluding carboxylic acids is 2. The number of pyridine rings is 1. The quantitative estimate of drug-likeness (QED) is 0.0534. The van der Waals surface area contributed by atoms with E-state index in [1.807, 2.05) is 44.2 Å². The van der Waals surface area contributed by atoms with Crippen molar-refractivity contribution in [1.29, 1.82) is 0 Å².